The van der Waals surface area contributed by atoms with Crippen LogP contribution < -0.4 is 5.56 Å². The van der Waals surface area contributed by atoms with Crippen LogP contribution in [0.5, 0.6) is 0 Å². The molecule has 2 bridgehead atoms. The van der Waals surface area contributed by atoms with Gasteiger partial charge in [-0.15, -0.1) is 0 Å². The number of aromatic amines is 1. The summed E-state index contributed by atoms with van der Waals surface area (Å²) in [6.07, 6.45) is 3.31. The van der Waals surface area contributed by atoms with Gasteiger partial charge in [0.2, 0.25) is 5.91 Å². The number of nitrogens with zero attached hydrogens (tertiary/aromatic N) is 4. The van der Waals surface area contributed by atoms with Gasteiger partial charge in [0.1, 0.15) is 11.4 Å². The molecular weight excluding hydrogens is 322 g/mol. The van der Waals surface area contributed by atoms with E-state index in [1.165, 1.54) is 6.20 Å². The zero-order chi connectivity index (χ0) is 18.1. The summed E-state index contributed by atoms with van der Waals surface area (Å²) in [4.78, 5) is 49.2. The standard InChI is InChI=1S/C17H25N5O3/c1-11-18-6-14(16(24)19-11)17(25)22-8-12-4-5-13(22)9-21(7-12)10-15(23)20(2)3/h6,12-13H,4-5,7-10H2,1-3H3,(H,18,19,24). The van der Waals surface area contributed by atoms with Crippen LogP contribution in [0.2, 0.25) is 0 Å². The number of fused-ring (bicyclic) bond motifs is 4. The van der Waals surface area contributed by atoms with Crippen LogP contribution in [0.3, 0.4) is 0 Å². The smallest absolute Gasteiger partial charge is 0.263 e. The fraction of sp³-hybridized carbons (Fsp3) is 0.647. The van der Waals surface area contributed by atoms with Gasteiger partial charge in [0.05, 0.1) is 6.54 Å². The molecule has 3 aliphatic heterocycles. The number of aryl methyl sites for hydroxylation is 1. The van der Waals surface area contributed by atoms with E-state index in [0.717, 1.165) is 19.4 Å². The zero-order valence-electron chi connectivity index (χ0n) is 15.0. The number of H-pyrrole nitrogens is 1. The van der Waals surface area contributed by atoms with Gasteiger partial charge in [0.25, 0.3) is 11.5 Å². The van der Waals surface area contributed by atoms with Gasteiger partial charge in [-0.3, -0.25) is 19.3 Å². The first-order valence-electron chi connectivity index (χ1n) is 8.64. The van der Waals surface area contributed by atoms with Crippen LogP contribution >= 0.6 is 0 Å². The van der Waals surface area contributed by atoms with Crippen LogP contribution in [0.15, 0.2) is 11.0 Å². The van der Waals surface area contributed by atoms with E-state index < -0.39 is 5.56 Å². The van der Waals surface area contributed by atoms with E-state index in [1.54, 1.807) is 30.8 Å². The molecular formula is C17H25N5O3. The lowest BCUT2D eigenvalue weighted by Crippen LogP contribution is -2.49. The second kappa shape index (κ2) is 6.95. The maximum absolute atomic E-state index is 12.9. The molecule has 0 spiro atoms. The van der Waals surface area contributed by atoms with Crippen LogP contribution in [0.25, 0.3) is 0 Å². The van der Waals surface area contributed by atoms with E-state index >= 15 is 0 Å². The SMILES string of the molecule is Cc1ncc(C(=O)N2CC3CCC2CN(CC(=O)N(C)C)C3)c(=O)[nH]1. The molecule has 0 saturated carbocycles. The quantitative estimate of drug-likeness (QED) is 0.811. The summed E-state index contributed by atoms with van der Waals surface area (Å²) in [6, 6.07) is 0.0296. The molecule has 8 nitrogen and oxygen atoms in total. The van der Waals surface area contributed by atoms with Crippen molar-refractivity contribution in [2.45, 2.75) is 25.8 Å². The monoisotopic (exact) mass is 347 g/mol. The van der Waals surface area contributed by atoms with Crippen molar-refractivity contribution in [3.63, 3.8) is 0 Å². The van der Waals surface area contributed by atoms with Crippen molar-refractivity contribution in [1.29, 1.82) is 0 Å². The maximum Gasteiger partial charge on any atom is 0.263 e. The fourth-order valence-corrected chi connectivity index (χ4v) is 3.68. The third-order valence-electron chi connectivity index (χ3n) is 5.06. The number of nitrogens with one attached hydrogen (secondary N) is 1. The Bertz CT molecular complexity index is 729. The van der Waals surface area contributed by atoms with Crippen molar-refractivity contribution in [2.24, 2.45) is 5.92 Å². The molecule has 136 valence electrons. The number of aromatic nitrogens is 2. The summed E-state index contributed by atoms with van der Waals surface area (Å²) in [6.45, 7) is 4.16. The fourth-order valence-electron chi connectivity index (χ4n) is 3.68. The van der Waals surface area contributed by atoms with Gasteiger partial charge < -0.3 is 14.8 Å². The zero-order valence-corrected chi connectivity index (χ0v) is 15.0. The molecule has 1 aromatic heterocycles. The van der Waals surface area contributed by atoms with E-state index in [9.17, 15) is 14.4 Å². The van der Waals surface area contributed by atoms with E-state index in [2.05, 4.69) is 14.9 Å². The van der Waals surface area contributed by atoms with Crippen molar-refractivity contribution in [2.75, 3.05) is 40.3 Å². The molecule has 0 aliphatic carbocycles. The van der Waals surface area contributed by atoms with Gasteiger partial charge in [-0.2, -0.15) is 0 Å². The first-order chi connectivity index (χ1) is 11.8. The van der Waals surface area contributed by atoms with Gasteiger partial charge >= 0.3 is 0 Å². The minimum absolute atomic E-state index is 0.0296. The number of rotatable bonds is 3. The molecule has 8 heteroatoms. The summed E-state index contributed by atoms with van der Waals surface area (Å²) < 4.78 is 0. The van der Waals surface area contributed by atoms with E-state index in [1.807, 2.05) is 0 Å². The number of likely N-dealkylation sites (N-methyl/N-ethyl adjacent to an activating group) is 1. The Labute approximate surface area is 146 Å². The predicted molar refractivity (Wildman–Crippen MR) is 92.3 cm³/mol. The van der Waals surface area contributed by atoms with Gasteiger partial charge in [-0.05, 0) is 25.7 Å². The van der Waals surface area contributed by atoms with Crippen LogP contribution in [0.1, 0.15) is 29.0 Å². The lowest BCUT2D eigenvalue weighted by Gasteiger charge is -2.36. The average molecular weight is 347 g/mol. The number of hydrogen-bond acceptors (Lipinski definition) is 5. The summed E-state index contributed by atoms with van der Waals surface area (Å²) in [7, 11) is 3.50. The highest BCUT2D eigenvalue weighted by Gasteiger charge is 2.38. The van der Waals surface area contributed by atoms with Crippen LogP contribution in [0, 0.1) is 12.8 Å². The molecule has 2 unspecified atom stereocenters. The molecule has 25 heavy (non-hydrogen) atoms. The number of carbonyl (C=O) groups excluding carboxylic acids is 2. The van der Waals surface area contributed by atoms with E-state index in [-0.39, 0.29) is 23.4 Å². The van der Waals surface area contributed by atoms with Crippen molar-refractivity contribution in [3.8, 4) is 0 Å². The van der Waals surface area contributed by atoms with E-state index in [0.29, 0.717) is 31.4 Å². The second-order valence-corrected chi connectivity index (χ2v) is 7.25. The average Bonchev–Trinajstić information content (AvgIpc) is 2.84. The molecule has 4 rings (SSSR count). The van der Waals surface area contributed by atoms with Gasteiger partial charge in [0, 0.05) is 46.0 Å². The first kappa shape index (κ1) is 17.6. The number of carbonyl (C=O) groups is 2. The number of amides is 2. The third-order valence-corrected chi connectivity index (χ3v) is 5.06. The Balaban J connectivity index is 1.77. The van der Waals surface area contributed by atoms with Crippen molar-refractivity contribution < 1.29 is 9.59 Å². The Morgan fingerprint density at radius 3 is 2.72 bits per heavy atom. The topological polar surface area (TPSA) is 89.6 Å². The van der Waals surface area contributed by atoms with Crippen LogP contribution in [-0.4, -0.2) is 82.8 Å². The first-order valence-corrected chi connectivity index (χ1v) is 8.64. The Morgan fingerprint density at radius 1 is 1.28 bits per heavy atom. The number of hydrogen-bond donors (Lipinski definition) is 1. The molecule has 0 radical (unpaired) electrons. The highest BCUT2D eigenvalue weighted by atomic mass is 16.2. The Hall–Kier alpha value is -2.22. The third kappa shape index (κ3) is 3.73. The molecule has 3 fully saturated rings. The molecule has 0 aromatic carbocycles. The summed E-state index contributed by atoms with van der Waals surface area (Å²) >= 11 is 0. The van der Waals surface area contributed by atoms with Crippen molar-refractivity contribution in [3.05, 3.63) is 27.9 Å². The minimum Gasteiger partial charge on any atom is -0.348 e. The largest absolute Gasteiger partial charge is 0.348 e. The molecule has 3 aliphatic rings. The normalized spacial score (nSPS) is 23.4. The van der Waals surface area contributed by atoms with Gasteiger partial charge in [0.15, 0.2) is 0 Å². The molecule has 4 heterocycles. The second-order valence-electron chi connectivity index (χ2n) is 7.25. The van der Waals surface area contributed by atoms with Crippen LogP contribution in [0.4, 0.5) is 0 Å². The minimum atomic E-state index is -0.391. The highest BCUT2D eigenvalue weighted by Crippen LogP contribution is 2.28. The lowest BCUT2D eigenvalue weighted by molar-refractivity contribution is -0.129. The number of piperidine rings is 1. The Morgan fingerprint density at radius 2 is 2.04 bits per heavy atom. The molecule has 2 amide bonds. The summed E-state index contributed by atoms with van der Waals surface area (Å²) in [5.41, 5.74) is -0.300. The highest BCUT2D eigenvalue weighted by molar-refractivity contribution is 5.94. The Kier molecular flexibility index (Phi) is 4.89. The van der Waals surface area contributed by atoms with Crippen molar-refractivity contribution >= 4 is 11.8 Å². The lowest BCUT2D eigenvalue weighted by atomic mass is 9.94. The van der Waals surface area contributed by atoms with Gasteiger partial charge in [-0.25, -0.2) is 4.98 Å². The summed E-state index contributed by atoms with van der Waals surface area (Å²) in [5.74, 6) is 0.630. The summed E-state index contributed by atoms with van der Waals surface area (Å²) in [5, 5.41) is 0. The molecule has 1 N–H and O–H groups in total. The predicted octanol–water partition coefficient (Wildman–Crippen LogP) is -0.297. The maximum atomic E-state index is 12.9. The van der Waals surface area contributed by atoms with E-state index in [4.69, 9.17) is 0 Å². The van der Waals surface area contributed by atoms with Crippen molar-refractivity contribution in [1.82, 2.24) is 24.7 Å². The molecule has 2 atom stereocenters. The van der Waals surface area contributed by atoms with Crippen LogP contribution in [-0.2, 0) is 4.79 Å². The molecule has 3 saturated heterocycles. The van der Waals surface area contributed by atoms with Gasteiger partial charge in [-0.1, -0.05) is 0 Å². The molecule has 1 aromatic rings.